The second-order valence-corrected chi connectivity index (χ2v) is 5.63. The molecule has 0 saturated heterocycles. The van der Waals surface area contributed by atoms with Crippen LogP contribution in [0.1, 0.15) is 34.8 Å². The number of thioether (sulfide) groups is 1. The van der Waals surface area contributed by atoms with E-state index in [1.165, 1.54) is 0 Å². The minimum atomic E-state index is -0.158. The maximum Gasteiger partial charge on any atom is 0.251 e. The number of carbonyl (C=O) groups is 1. The molecule has 108 valence electrons. The monoisotopic (exact) mass is 291 g/mol. The molecule has 0 aliphatic heterocycles. The fraction of sp³-hybridized carbons (Fsp3) is 0.438. The lowest BCUT2D eigenvalue weighted by atomic mass is 10.0. The molecule has 0 aliphatic rings. The van der Waals surface area contributed by atoms with Gasteiger partial charge in [-0.05, 0) is 56.0 Å². The van der Waals surface area contributed by atoms with Crippen LogP contribution in [0.2, 0.25) is 0 Å². The first kappa shape index (κ1) is 16.6. The summed E-state index contributed by atoms with van der Waals surface area (Å²) in [4.78, 5) is 12.1. The van der Waals surface area contributed by atoms with Crippen molar-refractivity contribution in [3.8, 4) is 11.8 Å². The summed E-state index contributed by atoms with van der Waals surface area (Å²) in [7, 11) is 0. The van der Waals surface area contributed by atoms with Crippen molar-refractivity contribution >= 4 is 17.7 Å². The third-order valence-electron chi connectivity index (χ3n) is 2.92. The number of aliphatic hydroxyl groups excluding tert-OH is 1. The Morgan fingerprint density at radius 2 is 2.25 bits per heavy atom. The summed E-state index contributed by atoms with van der Waals surface area (Å²) >= 11 is 1.78. The Kier molecular flexibility index (Phi) is 7.21. The average molecular weight is 291 g/mol. The summed E-state index contributed by atoms with van der Waals surface area (Å²) < 4.78 is 0. The molecule has 0 spiro atoms. The van der Waals surface area contributed by atoms with E-state index < -0.39 is 0 Å². The van der Waals surface area contributed by atoms with Crippen LogP contribution >= 0.6 is 11.8 Å². The van der Waals surface area contributed by atoms with E-state index in [1.807, 2.05) is 26.0 Å². The molecule has 0 heterocycles. The number of aryl methyl sites for hydroxylation is 1. The summed E-state index contributed by atoms with van der Waals surface area (Å²) in [6.07, 6.45) is 3.02. The molecule has 0 aromatic heterocycles. The van der Waals surface area contributed by atoms with Crippen molar-refractivity contribution in [3.63, 3.8) is 0 Å². The van der Waals surface area contributed by atoms with Crippen LogP contribution in [0.15, 0.2) is 18.2 Å². The van der Waals surface area contributed by atoms with Gasteiger partial charge in [0.25, 0.3) is 5.91 Å². The standard InChI is InChI=1S/C16H21NO2S/c1-12-11-15(7-6-14(12)5-4-9-18)16(19)17-13(2)8-10-20-3/h6-7,11,13,18H,8-10H2,1-3H3,(H,17,19). The molecular formula is C16H21NO2S. The van der Waals surface area contributed by atoms with Crippen molar-refractivity contribution in [1.82, 2.24) is 5.32 Å². The molecule has 1 amide bonds. The average Bonchev–Trinajstić information content (AvgIpc) is 2.43. The lowest BCUT2D eigenvalue weighted by molar-refractivity contribution is 0.0939. The lowest BCUT2D eigenvalue weighted by Gasteiger charge is -2.13. The SMILES string of the molecule is CSCCC(C)NC(=O)c1ccc(C#CCO)c(C)c1. The molecule has 1 atom stereocenters. The second kappa shape index (κ2) is 8.68. The van der Waals surface area contributed by atoms with Crippen molar-refractivity contribution in [1.29, 1.82) is 0 Å². The van der Waals surface area contributed by atoms with E-state index >= 15 is 0 Å². The molecule has 4 heteroatoms. The molecule has 0 bridgehead atoms. The number of nitrogens with one attached hydrogen (secondary N) is 1. The molecule has 2 N–H and O–H groups in total. The largest absolute Gasteiger partial charge is 0.384 e. The van der Waals surface area contributed by atoms with Gasteiger partial charge in [-0.3, -0.25) is 4.79 Å². The quantitative estimate of drug-likeness (QED) is 0.818. The van der Waals surface area contributed by atoms with Gasteiger partial charge in [-0.1, -0.05) is 11.8 Å². The number of carbonyl (C=O) groups excluding carboxylic acids is 1. The van der Waals surface area contributed by atoms with Crippen molar-refractivity contribution < 1.29 is 9.90 Å². The van der Waals surface area contributed by atoms with Gasteiger partial charge in [-0.2, -0.15) is 11.8 Å². The molecule has 0 fully saturated rings. The van der Waals surface area contributed by atoms with Gasteiger partial charge in [0.1, 0.15) is 6.61 Å². The predicted octanol–water partition coefficient (Wildman–Crippen LogP) is 2.21. The van der Waals surface area contributed by atoms with E-state index in [2.05, 4.69) is 23.4 Å². The first-order valence-electron chi connectivity index (χ1n) is 6.58. The van der Waals surface area contributed by atoms with Gasteiger partial charge < -0.3 is 10.4 Å². The minimum Gasteiger partial charge on any atom is -0.384 e. The third-order valence-corrected chi connectivity index (χ3v) is 3.57. The fourth-order valence-corrected chi connectivity index (χ4v) is 2.34. The van der Waals surface area contributed by atoms with Crippen LogP contribution in [-0.4, -0.2) is 35.7 Å². The zero-order chi connectivity index (χ0) is 15.0. The van der Waals surface area contributed by atoms with E-state index in [0.29, 0.717) is 5.56 Å². The highest BCUT2D eigenvalue weighted by atomic mass is 32.2. The van der Waals surface area contributed by atoms with E-state index in [4.69, 9.17) is 5.11 Å². The van der Waals surface area contributed by atoms with Gasteiger partial charge in [0.05, 0.1) is 0 Å². The molecule has 20 heavy (non-hydrogen) atoms. The van der Waals surface area contributed by atoms with Gasteiger partial charge in [0, 0.05) is 17.2 Å². The lowest BCUT2D eigenvalue weighted by Crippen LogP contribution is -2.32. The van der Waals surface area contributed by atoms with Gasteiger partial charge >= 0.3 is 0 Å². The maximum atomic E-state index is 12.1. The molecule has 1 aromatic carbocycles. The van der Waals surface area contributed by atoms with Crippen LogP contribution in [0.25, 0.3) is 0 Å². The van der Waals surface area contributed by atoms with Crippen LogP contribution in [0.3, 0.4) is 0 Å². The number of benzene rings is 1. The highest BCUT2D eigenvalue weighted by Crippen LogP contribution is 2.11. The van der Waals surface area contributed by atoms with Crippen LogP contribution in [-0.2, 0) is 0 Å². The van der Waals surface area contributed by atoms with Crippen LogP contribution in [0.4, 0.5) is 0 Å². The van der Waals surface area contributed by atoms with E-state index in [-0.39, 0.29) is 18.6 Å². The third kappa shape index (κ3) is 5.28. The first-order valence-corrected chi connectivity index (χ1v) is 7.98. The van der Waals surface area contributed by atoms with Crippen LogP contribution in [0.5, 0.6) is 0 Å². The van der Waals surface area contributed by atoms with E-state index in [9.17, 15) is 4.79 Å². The zero-order valence-corrected chi connectivity index (χ0v) is 13.0. The van der Waals surface area contributed by atoms with Crippen LogP contribution < -0.4 is 5.32 Å². The summed E-state index contributed by atoms with van der Waals surface area (Å²) in [6, 6.07) is 5.59. The summed E-state index contributed by atoms with van der Waals surface area (Å²) in [5.41, 5.74) is 2.43. The molecule has 0 radical (unpaired) electrons. The Morgan fingerprint density at radius 3 is 2.85 bits per heavy atom. The fourth-order valence-electron chi connectivity index (χ4n) is 1.75. The minimum absolute atomic E-state index is 0.0524. The van der Waals surface area contributed by atoms with Crippen molar-refractivity contribution in [2.75, 3.05) is 18.6 Å². The highest BCUT2D eigenvalue weighted by Gasteiger charge is 2.10. The Hall–Kier alpha value is -1.44. The number of amides is 1. The topological polar surface area (TPSA) is 49.3 Å². The molecule has 3 nitrogen and oxygen atoms in total. The van der Waals surface area contributed by atoms with Gasteiger partial charge in [-0.25, -0.2) is 0 Å². The number of hydrogen-bond acceptors (Lipinski definition) is 3. The predicted molar refractivity (Wildman–Crippen MR) is 85.1 cm³/mol. The highest BCUT2D eigenvalue weighted by molar-refractivity contribution is 7.98. The number of hydrogen-bond donors (Lipinski definition) is 2. The summed E-state index contributed by atoms with van der Waals surface area (Å²) in [5, 5.41) is 11.7. The molecule has 1 rings (SSSR count). The Labute approximate surface area is 125 Å². The number of aliphatic hydroxyl groups is 1. The van der Waals surface area contributed by atoms with Gasteiger partial charge in [-0.15, -0.1) is 0 Å². The molecular weight excluding hydrogens is 270 g/mol. The number of rotatable bonds is 5. The molecule has 0 aliphatic carbocycles. The van der Waals surface area contributed by atoms with Crippen molar-refractivity contribution in [2.24, 2.45) is 0 Å². The zero-order valence-electron chi connectivity index (χ0n) is 12.2. The Bertz CT molecular complexity index is 517. The summed E-state index contributed by atoms with van der Waals surface area (Å²) in [5.74, 6) is 6.46. The van der Waals surface area contributed by atoms with E-state index in [0.717, 1.165) is 23.3 Å². The molecule has 1 aromatic rings. The maximum absolute atomic E-state index is 12.1. The van der Waals surface area contributed by atoms with Crippen LogP contribution in [0, 0.1) is 18.8 Å². The van der Waals surface area contributed by atoms with Gasteiger partial charge in [0.2, 0.25) is 0 Å². The smallest absolute Gasteiger partial charge is 0.251 e. The summed E-state index contributed by atoms with van der Waals surface area (Å²) in [6.45, 7) is 3.77. The van der Waals surface area contributed by atoms with Gasteiger partial charge in [0.15, 0.2) is 0 Å². The normalized spacial score (nSPS) is 11.4. The van der Waals surface area contributed by atoms with Crippen molar-refractivity contribution in [2.45, 2.75) is 26.3 Å². The van der Waals surface area contributed by atoms with E-state index in [1.54, 1.807) is 17.8 Å². The molecule has 1 unspecified atom stereocenters. The Balaban J connectivity index is 2.72. The second-order valence-electron chi connectivity index (χ2n) is 4.65. The first-order chi connectivity index (χ1) is 9.58. The van der Waals surface area contributed by atoms with Crippen molar-refractivity contribution in [3.05, 3.63) is 34.9 Å². The Morgan fingerprint density at radius 1 is 1.50 bits per heavy atom. The molecule has 0 saturated carbocycles.